The highest BCUT2D eigenvalue weighted by Crippen LogP contribution is 2.29. The average Bonchev–Trinajstić information content (AvgIpc) is 2.62. The Morgan fingerprint density at radius 3 is 2.75 bits per heavy atom. The minimum absolute atomic E-state index is 0.0803. The van der Waals surface area contributed by atoms with E-state index in [1.165, 1.54) is 6.07 Å². The number of nitrogens with zero attached hydrogens (tertiary/aromatic N) is 3. The monoisotopic (exact) mass is 290 g/mol. The van der Waals surface area contributed by atoms with Gasteiger partial charge in [0.1, 0.15) is 11.6 Å². The number of halogens is 3. The summed E-state index contributed by atoms with van der Waals surface area (Å²) in [7, 11) is 0. The molecule has 0 aliphatic carbocycles. The first kappa shape index (κ1) is 14.3. The number of alkyl halides is 3. The van der Waals surface area contributed by atoms with Crippen LogP contribution in [0.25, 0.3) is 0 Å². The molecule has 0 bridgehead atoms. The van der Waals surface area contributed by atoms with Crippen LogP contribution in [0, 0.1) is 0 Å². The maximum absolute atomic E-state index is 12.7. The highest BCUT2D eigenvalue weighted by Gasteiger charge is 2.36. The van der Waals surface area contributed by atoms with Gasteiger partial charge in [0.2, 0.25) is 11.7 Å². The number of nitrogens with one attached hydrogen (secondary N) is 2. The van der Waals surface area contributed by atoms with E-state index < -0.39 is 12.0 Å². The van der Waals surface area contributed by atoms with Gasteiger partial charge in [-0.25, -0.2) is 15.8 Å². The van der Waals surface area contributed by atoms with Crippen LogP contribution in [-0.2, 0) is 11.0 Å². The molecular weight excluding hydrogens is 277 g/mol. The second-order valence-electron chi connectivity index (χ2n) is 4.16. The highest BCUT2D eigenvalue weighted by molar-refractivity contribution is 5.77. The smallest absolute Gasteiger partial charge is 0.354 e. The number of amides is 1. The van der Waals surface area contributed by atoms with E-state index in [-0.39, 0.29) is 30.5 Å². The van der Waals surface area contributed by atoms with Gasteiger partial charge in [-0.1, -0.05) is 0 Å². The summed E-state index contributed by atoms with van der Waals surface area (Å²) in [6.45, 7) is 0.990. The fraction of sp³-hybridized carbons (Fsp3) is 0.500. The van der Waals surface area contributed by atoms with E-state index in [1.54, 1.807) is 4.90 Å². The second-order valence-corrected chi connectivity index (χ2v) is 4.16. The van der Waals surface area contributed by atoms with Gasteiger partial charge in [-0.15, -0.1) is 0 Å². The number of hydrogen-bond acceptors (Lipinski definition) is 6. The number of nitrogen functional groups attached to an aromatic ring is 1. The summed E-state index contributed by atoms with van der Waals surface area (Å²) in [5, 5.41) is 2.63. The molecule has 110 valence electrons. The lowest BCUT2D eigenvalue weighted by molar-refractivity contribution is -0.144. The molecule has 0 atom stereocenters. The Morgan fingerprint density at radius 1 is 1.35 bits per heavy atom. The zero-order valence-electron chi connectivity index (χ0n) is 10.4. The van der Waals surface area contributed by atoms with Crippen molar-refractivity contribution in [3.63, 3.8) is 0 Å². The maximum atomic E-state index is 12.7. The number of rotatable bonds is 2. The lowest BCUT2D eigenvalue weighted by atomic mass is 10.3. The normalized spacial score (nSPS) is 16.6. The van der Waals surface area contributed by atoms with Gasteiger partial charge in [0.25, 0.3) is 0 Å². The molecule has 7 nitrogen and oxygen atoms in total. The lowest BCUT2D eigenvalue weighted by Gasteiger charge is -2.22. The molecule has 0 saturated carbocycles. The fourth-order valence-electron chi connectivity index (χ4n) is 1.79. The lowest BCUT2D eigenvalue weighted by Crippen LogP contribution is -2.30. The minimum Gasteiger partial charge on any atom is -0.354 e. The molecule has 4 N–H and O–H groups in total. The second kappa shape index (κ2) is 5.49. The number of nitrogens with two attached hydrogens (primary N) is 1. The zero-order chi connectivity index (χ0) is 14.8. The van der Waals surface area contributed by atoms with Crippen molar-refractivity contribution < 1.29 is 18.0 Å². The van der Waals surface area contributed by atoms with Crippen LogP contribution in [0.1, 0.15) is 12.2 Å². The predicted octanol–water partition coefficient (Wildman–Crippen LogP) is 0.107. The SMILES string of the molecule is NNc1cc(N2CCNC(=O)CC2)nc(C(F)(F)F)n1. The van der Waals surface area contributed by atoms with Crippen molar-refractivity contribution >= 4 is 17.5 Å². The van der Waals surface area contributed by atoms with Crippen LogP contribution in [0.5, 0.6) is 0 Å². The zero-order valence-corrected chi connectivity index (χ0v) is 10.4. The third-order valence-corrected chi connectivity index (χ3v) is 2.75. The molecular formula is C10H13F3N6O. The van der Waals surface area contributed by atoms with Gasteiger partial charge in [-0.05, 0) is 0 Å². The van der Waals surface area contributed by atoms with Crippen molar-refractivity contribution in [3.8, 4) is 0 Å². The summed E-state index contributed by atoms with van der Waals surface area (Å²) in [6.07, 6.45) is -4.47. The van der Waals surface area contributed by atoms with Crippen molar-refractivity contribution in [2.75, 3.05) is 30.0 Å². The van der Waals surface area contributed by atoms with Gasteiger partial charge < -0.3 is 15.6 Å². The molecule has 0 spiro atoms. The van der Waals surface area contributed by atoms with Crippen molar-refractivity contribution in [3.05, 3.63) is 11.9 Å². The molecule has 2 heterocycles. The van der Waals surface area contributed by atoms with E-state index in [4.69, 9.17) is 5.84 Å². The first-order chi connectivity index (χ1) is 9.40. The van der Waals surface area contributed by atoms with E-state index in [1.807, 2.05) is 0 Å². The van der Waals surface area contributed by atoms with E-state index in [0.29, 0.717) is 13.1 Å². The first-order valence-electron chi connectivity index (χ1n) is 5.84. The molecule has 1 amide bonds. The van der Waals surface area contributed by atoms with Crippen LogP contribution in [0.4, 0.5) is 24.8 Å². The Morgan fingerprint density at radius 2 is 2.10 bits per heavy atom. The number of hydrogen-bond donors (Lipinski definition) is 3. The van der Waals surface area contributed by atoms with Gasteiger partial charge in [0.15, 0.2) is 0 Å². The van der Waals surface area contributed by atoms with Crippen LogP contribution in [0.15, 0.2) is 6.07 Å². The minimum atomic E-state index is -4.67. The van der Waals surface area contributed by atoms with E-state index in [0.717, 1.165) is 0 Å². The molecule has 0 radical (unpaired) electrons. The Bertz CT molecular complexity index is 506. The quantitative estimate of drug-likeness (QED) is 0.528. The maximum Gasteiger partial charge on any atom is 0.451 e. The highest BCUT2D eigenvalue weighted by atomic mass is 19.4. The summed E-state index contributed by atoms with van der Waals surface area (Å²) in [4.78, 5) is 19.6. The Labute approximate surface area is 112 Å². The number of carbonyl (C=O) groups is 1. The number of carbonyl (C=O) groups excluding carboxylic acids is 1. The molecule has 0 aromatic carbocycles. The molecule has 10 heteroatoms. The van der Waals surface area contributed by atoms with Gasteiger partial charge in [0.05, 0.1) is 0 Å². The molecule has 0 unspecified atom stereocenters. The summed E-state index contributed by atoms with van der Waals surface area (Å²) < 4.78 is 38.1. The van der Waals surface area contributed by atoms with E-state index >= 15 is 0 Å². The van der Waals surface area contributed by atoms with E-state index in [9.17, 15) is 18.0 Å². The third kappa shape index (κ3) is 3.26. The van der Waals surface area contributed by atoms with Crippen LogP contribution < -0.4 is 21.5 Å². The average molecular weight is 290 g/mol. The van der Waals surface area contributed by atoms with Crippen molar-refractivity contribution in [1.29, 1.82) is 0 Å². The van der Waals surface area contributed by atoms with Gasteiger partial charge in [-0.2, -0.15) is 13.2 Å². The topological polar surface area (TPSA) is 96.2 Å². The summed E-state index contributed by atoms with van der Waals surface area (Å²) in [5.41, 5.74) is 2.08. The Hall–Kier alpha value is -2.10. The van der Waals surface area contributed by atoms with E-state index in [2.05, 4.69) is 20.7 Å². The summed E-state index contributed by atoms with van der Waals surface area (Å²) in [6, 6.07) is 1.31. The van der Waals surface area contributed by atoms with Gasteiger partial charge >= 0.3 is 6.18 Å². The molecule has 1 aromatic rings. The van der Waals surface area contributed by atoms with Crippen LogP contribution in [0.2, 0.25) is 0 Å². The fourth-order valence-corrected chi connectivity index (χ4v) is 1.79. The molecule has 1 fully saturated rings. The standard InChI is InChI=1S/C10H13F3N6O/c11-10(12,13)9-16-6(18-14)5-7(17-9)19-3-1-8(20)15-2-4-19/h5H,1-4,14H2,(H,15,20)(H,16,17,18). The van der Waals surface area contributed by atoms with Crippen molar-refractivity contribution in [1.82, 2.24) is 15.3 Å². The summed E-state index contributed by atoms with van der Waals surface area (Å²) >= 11 is 0. The molecule has 2 rings (SSSR count). The van der Waals surface area contributed by atoms with Crippen molar-refractivity contribution in [2.45, 2.75) is 12.6 Å². The number of aromatic nitrogens is 2. The number of anilines is 2. The Balaban J connectivity index is 2.32. The van der Waals surface area contributed by atoms with Crippen molar-refractivity contribution in [2.24, 2.45) is 5.84 Å². The predicted molar refractivity (Wildman–Crippen MR) is 64.7 cm³/mol. The van der Waals surface area contributed by atoms with Gasteiger partial charge in [-0.3, -0.25) is 4.79 Å². The molecule has 1 aromatic heterocycles. The summed E-state index contributed by atoms with van der Waals surface area (Å²) in [5.74, 6) is 3.65. The Kier molecular flexibility index (Phi) is 3.93. The molecule has 1 aliphatic rings. The number of hydrazine groups is 1. The third-order valence-electron chi connectivity index (χ3n) is 2.75. The van der Waals surface area contributed by atoms with Crippen LogP contribution in [-0.4, -0.2) is 35.5 Å². The van der Waals surface area contributed by atoms with Gasteiger partial charge in [0, 0.05) is 32.1 Å². The molecule has 1 aliphatic heterocycles. The largest absolute Gasteiger partial charge is 0.451 e. The molecule has 1 saturated heterocycles. The molecule has 20 heavy (non-hydrogen) atoms. The van der Waals surface area contributed by atoms with Crippen LogP contribution >= 0.6 is 0 Å². The van der Waals surface area contributed by atoms with Crippen LogP contribution in [0.3, 0.4) is 0 Å². The first-order valence-corrected chi connectivity index (χ1v) is 5.84.